The number of hydrogen-bond donors (Lipinski definition) is 2. The average molecular weight is 276 g/mol. The van der Waals surface area contributed by atoms with Gasteiger partial charge in [0.15, 0.2) is 0 Å². The van der Waals surface area contributed by atoms with Crippen LogP contribution < -0.4 is 0 Å². The van der Waals surface area contributed by atoms with Crippen molar-refractivity contribution in [3.8, 4) is 0 Å². The Morgan fingerprint density at radius 3 is 1.90 bits per heavy atom. The first-order valence-electron chi connectivity index (χ1n) is 8.39. The van der Waals surface area contributed by atoms with Gasteiger partial charge in [0, 0.05) is 5.41 Å². The van der Waals surface area contributed by atoms with Crippen LogP contribution in [0.5, 0.6) is 0 Å². The van der Waals surface area contributed by atoms with E-state index in [1.54, 1.807) is 0 Å². The second-order valence-electron chi connectivity index (χ2n) is 7.16. The van der Waals surface area contributed by atoms with Crippen LogP contribution in [0.4, 0.5) is 0 Å². The largest absolute Gasteiger partial charge is 0.390 e. The lowest BCUT2D eigenvalue weighted by Crippen LogP contribution is -2.33. The fraction of sp³-hybridized carbons (Fsp3) is 0.778. The standard InChI is InChI=1S/C18H28O2/c19-15-7-1-3-9-17-11-5-13-18(17,14-6-12-17)10-4-2-8-16(15)20/h5-6,11-12,15-16,19-20H,1-4,7-10,13-14H2/t15-,16+,17?,18?/m0/s1. The third kappa shape index (κ3) is 2.37. The lowest BCUT2D eigenvalue weighted by molar-refractivity contribution is 0.00414. The molecule has 0 aliphatic heterocycles. The molecule has 3 rings (SSSR count). The minimum Gasteiger partial charge on any atom is -0.390 e. The second kappa shape index (κ2) is 5.65. The van der Waals surface area contributed by atoms with Crippen LogP contribution in [-0.2, 0) is 0 Å². The molecule has 2 heteroatoms. The summed E-state index contributed by atoms with van der Waals surface area (Å²) < 4.78 is 0. The van der Waals surface area contributed by atoms with Gasteiger partial charge >= 0.3 is 0 Å². The van der Waals surface area contributed by atoms with Crippen LogP contribution >= 0.6 is 0 Å². The van der Waals surface area contributed by atoms with E-state index in [-0.39, 0.29) is 0 Å². The number of aliphatic hydroxyl groups excluding tert-OH is 2. The van der Waals surface area contributed by atoms with Gasteiger partial charge in [-0.25, -0.2) is 0 Å². The fourth-order valence-corrected chi connectivity index (χ4v) is 4.70. The summed E-state index contributed by atoms with van der Waals surface area (Å²) in [7, 11) is 0. The number of rotatable bonds is 0. The summed E-state index contributed by atoms with van der Waals surface area (Å²) >= 11 is 0. The summed E-state index contributed by atoms with van der Waals surface area (Å²) in [6.07, 6.45) is 19.5. The van der Waals surface area contributed by atoms with Crippen LogP contribution in [0, 0.1) is 10.8 Å². The maximum absolute atomic E-state index is 9.96. The Morgan fingerprint density at radius 2 is 1.30 bits per heavy atom. The molecule has 1 saturated carbocycles. The summed E-state index contributed by atoms with van der Waals surface area (Å²) in [4.78, 5) is 0. The van der Waals surface area contributed by atoms with Gasteiger partial charge in [0.1, 0.15) is 0 Å². The van der Waals surface area contributed by atoms with Crippen LogP contribution in [0.2, 0.25) is 0 Å². The Hall–Kier alpha value is -0.600. The molecule has 2 nitrogen and oxygen atoms in total. The minimum atomic E-state index is -0.519. The zero-order valence-corrected chi connectivity index (χ0v) is 12.4. The molecule has 0 spiro atoms. The molecule has 0 bridgehead atoms. The lowest BCUT2D eigenvalue weighted by Gasteiger charge is -2.41. The molecular weight excluding hydrogens is 248 g/mol. The highest BCUT2D eigenvalue weighted by Crippen LogP contribution is 2.61. The van der Waals surface area contributed by atoms with Crippen molar-refractivity contribution in [2.45, 2.75) is 76.4 Å². The van der Waals surface area contributed by atoms with Crippen LogP contribution in [0.1, 0.15) is 64.2 Å². The van der Waals surface area contributed by atoms with Crippen LogP contribution in [0.15, 0.2) is 24.3 Å². The average Bonchev–Trinajstić information content (AvgIpc) is 2.93. The summed E-state index contributed by atoms with van der Waals surface area (Å²) in [5.41, 5.74) is 0.742. The Kier molecular flexibility index (Phi) is 4.05. The van der Waals surface area contributed by atoms with Crippen LogP contribution in [0.25, 0.3) is 0 Å². The highest BCUT2D eigenvalue weighted by atomic mass is 16.3. The fourth-order valence-electron chi connectivity index (χ4n) is 4.70. The predicted octanol–water partition coefficient (Wildman–Crippen LogP) is 3.74. The lowest BCUT2D eigenvalue weighted by atomic mass is 9.62. The van der Waals surface area contributed by atoms with Crippen molar-refractivity contribution in [2.75, 3.05) is 0 Å². The molecule has 0 amide bonds. The molecule has 0 unspecified atom stereocenters. The third-order valence-electron chi connectivity index (χ3n) is 6.02. The number of aliphatic hydroxyl groups is 2. The summed E-state index contributed by atoms with van der Waals surface area (Å²) in [6, 6.07) is 0. The first-order chi connectivity index (χ1) is 9.68. The second-order valence-corrected chi connectivity index (χ2v) is 7.16. The Labute approximate surface area is 122 Å². The first kappa shape index (κ1) is 14.3. The maximum Gasteiger partial charge on any atom is 0.0799 e. The summed E-state index contributed by atoms with van der Waals surface area (Å²) in [5, 5.41) is 19.9. The summed E-state index contributed by atoms with van der Waals surface area (Å²) in [6.45, 7) is 0. The van der Waals surface area contributed by atoms with Gasteiger partial charge in [-0.15, -0.1) is 0 Å². The quantitative estimate of drug-likeness (QED) is 0.662. The molecular formula is C18H28O2. The van der Waals surface area contributed by atoms with E-state index in [0.717, 1.165) is 32.1 Å². The van der Waals surface area contributed by atoms with Crippen molar-refractivity contribution in [2.24, 2.45) is 10.8 Å². The Morgan fingerprint density at radius 1 is 0.750 bits per heavy atom. The SMILES string of the molecule is O[C@@H]1CCCCC23CC=CC2(C=CC3)CCCC[C@@H]1O. The highest BCUT2D eigenvalue weighted by molar-refractivity contribution is 5.30. The van der Waals surface area contributed by atoms with Crippen LogP contribution in [0.3, 0.4) is 0 Å². The monoisotopic (exact) mass is 276 g/mol. The minimum absolute atomic E-state index is 0.301. The van der Waals surface area contributed by atoms with Gasteiger partial charge in [0.05, 0.1) is 12.2 Å². The molecule has 112 valence electrons. The van der Waals surface area contributed by atoms with Crippen molar-refractivity contribution < 1.29 is 10.2 Å². The first-order valence-corrected chi connectivity index (χ1v) is 8.39. The summed E-state index contributed by atoms with van der Waals surface area (Å²) in [5.74, 6) is 0. The zero-order chi connectivity index (χ0) is 14.1. The normalized spacial score (nSPS) is 45.5. The zero-order valence-electron chi connectivity index (χ0n) is 12.4. The molecule has 0 radical (unpaired) electrons. The molecule has 20 heavy (non-hydrogen) atoms. The Balaban J connectivity index is 1.73. The molecule has 0 aromatic heterocycles. The van der Waals surface area contributed by atoms with Gasteiger partial charge in [0.2, 0.25) is 0 Å². The highest BCUT2D eigenvalue weighted by Gasteiger charge is 2.51. The molecule has 2 atom stereocenters. The van der Waals surface area contributed by atoms with E-state index >= 15 is 0 Å². The Bertz CT molecular complexity index is 380. The molecule has 3 aliphatic carbocycles. The third-order valence-corrected chi connectivity index (χ3v) is 6.02. The van der Waals surface area contributed by atoms with Crippen molar-refractivity contribution in [1.82, 2.24) is 0 Å². The number of hydrogen-bond acceptors (Lipinski definition) is 2. The van der Waals surface area contributed by atoms with Gasteiger partial charge in [-0.05, 0) is 43.9 Å². The molecule has 0 aromatic carbocycles. The van der Waals surface area contributed by atoms with E-state index in [9.17, 15) is 10.2 Å². The smallest absolute Gasteiger partial charge is 0.0799 e. The van der Waals surface area contributed by atoms with E-state index in [1.807, 2.05) is 0 Å². The van der Waals surface area contributed by atoms with Crippen molar-refractivity contribution in [1.29, 1.82) is 0 Å². The van der Waals surface area contributed by atoms with Crippen molar-refractivity contribution in [3.63, 3.8) is 0 Å². The molecule has 0 aromatic rings. The predicted molar refractivity (Wildman–Crippen MR) is 81.3 cm³/mol. The van der Waals surface area contributed by atoms with Gasteiger partial charge in [0.25, 0.3) is 0 Å². The molecule has 2 N–H and O–H groups in total. The van der Waals surface area contributed by atoms with Gasteiger partial charge in [-0.1, -0.05) is 50.0 Å². The maximum atomic E-state index is 9.96. The molecule has 3 aliphatic rings. The van der Waals surface area contributed by atoms with Gasteiger partial charge in [-0.2, -0.15) is 0 Å². The number of allylic oxidation sites excluding steroid dienone is 4. The van der Waals surface area contributed by atoms with E-state index in [4.69, 9.17) is 0 Å². The van der Waals surface area contributed by atoms with Gasteiger partial charge < -0.3 is 10.2 Å². The van der Waals surface area contributed by atoms with Crippen molar-refractivity contribution >= 4 is 0 Å². The van der Waals surface area contributed by atoms with Crippen molar-refractivity contribution in [3.05, 3.63) is 24.3 Å². The van der Waals surface area contributed by atoms with E-state index in [1.165, 1.54) is 32.1 Å². The molecule has 0 heterocycles. The topological polar surface area (TPSA) is 40.5 Å². The van der Waals surface area contributed by atoms with E-state index in [2.05, 4.69) is 24.3 Å². The van der Waals surface area contributed by atoms with E-state index < -0.39 is 12.2 Å². The van der Waals surface area contributed by atoms with Crippen LogP contribution in [-0.4, -0.2) is 22.4 Å². The molecule has 1 fully saturated rings. The van der Waals surface area contributed by atoms with Gasteiger partial charge in [-0.3, -0.25) is 0 Å². The molecule has 0 saturated heterocycles. The van der Waals surface area contributed by atoms with E-state index in [0.29, 0.717) is 10.8 Å².